The lowest BCUT2D eigenvalue weighted by Gasteiger charge is -2.44. The molecule has 0 unspecified atom stereocenters. The summed E-state index contributed by atoms with van der Waals surface area (Å²) in [5.74, 6) is 0.616. The number of ether oxygens (including phenoxy) is 1. The average molecular weight is 397 g/mol. The minimum absolute atomic E-state index is 0.0188. The van der Waals surface area contributed by atoms with Crippen LogP contribution < -0.4 is 4.74 Å². The van der Waals surface area contributed by atoms with Crippen LogP contribution in [-0.2, 0) is 11.3 Å². The quantitative estimate of drug-likeness (QED) is 0.708. The number of methoxy groups -OCH3 is 1. The lowest BCUT2D eigenvalue weighted by Crippen LogP contribution is -2.57. The molecule has 1 fully saturated rings. The maximum Gasteiger partial charge on any atom is 0.246 e. The summed E-state index contributed by atoms with van der Waals surface area (Å²) < 4.78 is 18.5. The fourth-order valence-corrected chi connectivity index (χ4v) is 3.75. The van der Waals surface area contributed by atoms with Crippen molar-refractivity contribution in [2.75, 3.05) is 20.2 Å². The summed E-state index contributed by atoms with van der Waals surface area (Å²) in [6, 6.07) is 12.9. The largest absolute Gasteiger partial charge is 0.496 e. The van der Waals surface area contributed by atoms with Gasteiger partial charge in [0, 0.05) is 37.8 Å². The Labute approximate surface area is 172 Å². The molecule has 0 radical (unpaired) electrons. The van der Waals surface area contributed by atoms with Crippen molar-refractivity contribution >= 4 is 12.0 Å². The Morgan fingerprint density at radius 3 is 2.55 bits per heavy atom. The number of nitrogens with zero attached hydrogens (tertiary/aromatic N) is 2. The van der Waals surface area contributed by atoms with Gasteiger partial charge in [-0.3, -0.25) is 9.69 Å². The van der Waals surface area contributed by atoms with Gasteiger partial charge in [0.25, 0.3) is 0 Å². The lowest BCUT2D eigenvalue weighted by molar-refractivity contribution is -0.131. The summed E-state index contributed by atoms with van der Waals surface area (Å²) in [4.78, 5) is 17.1. The number of hydrogen-bond donors (Lipinski definition) is 0. The highest BCUT2D eigenvalue weighted by molar-refractivity contribution is 5.92. The summed E-state index contributed by atoms with van der Waals surface area (Å²) in [6.07, 6.45) is 3.48. The van der Waals surface area contributed by atoms with E-state index in [4.69, 9.17) is 4.74 Å². The molecular formula is C24H29FN2O2. The molecule has 1 amide bonds. The molecule has 29 heavy (non-hydrogen) atoms. The summed E-state index contributed by atoms with van der Waals surface area (Å²) in [6.45, 7) is 8.41. The molecule has 0 aliphatic carbocycles. The second kappa shape index (κ2) is 9.23. The number of hydrogen-bond acceptors (Lipinski definition) is 3. The molecule has 154 valence electrons. The van der Waals surface area contributed by atoms with Gasteiger partial charge in [0.15, 0.2) is 0 Å². The Kier molecular flexibility index (Phi) is 6.70. The SMILES string of the molecule is COc1cc(C=CC(=O)N2C[C@H](C)N(Cc3ccc(F)cc3)C[C@H]2C)ccc1C. The first-order valence-electron chi connectivity index (χ1n) is 9.99. The number of carbonyl (C=O) groups excluding carboxylic acids is 1. The minimum atomic E-state index is -0.219. The molecule has 1 aliphatic rings. The first-order chi connectivity index (χ1) is 13.9. The topological polar surface area (TPSA) is 32.8 Å². The van der Waals surface area contributed by atoms with Crippen molar-refractivity contribution < 1.29 is 13.9 Å². The number of aryl methyl sites for hydroxylation is 1. The van der Waals surface area contributed by atoms with Crippen molar-refractivity contribution in [3.8, 4) is 5.75 Å². The second-order valence-corrected chi connectivity index (χ2v) is 7.81. The Bertz CT molecular complexity index is 879. The van der Waals surface area contributed by atoms with Gasteiger partial charge in [0.1, 0.15) is 11.6 Å². The molecule has 1 heterocycles. The molecule has 0 N–H and O–H groups in total. The molecule has 2 aromatic carbocycles. The van der Waals surface area contributed by atoms with Crippen LogP contribution in [0.5, 0.6) is 5.75 Å². The van der Waals surface area contributed by atoms with E-state index < -0.39 is 0 Å². The van der Waals surface area contributed by atoms with Crippen LogP contribution in [0.1, 0.15) is 30.5 Å². The molecule has 2 atom stereocenters. The number of carbonyl (C=O) groups is 1. The van der Waals surface area contributed by atoms with Gasteiger partial charge in [-0.15, -0.1) is 0 Å². The number of piperazine rings is 1. The molecule has 0 spiro atoms. The Hall–Kier alpha value is -2.66. The summed E-state index contributed by atoms with van der Waals surface area (Å²) in [7, 11) is 1.65. The van der Waals surface area contributed by atoms with Crippen LogP contribution in [0.2, 0.25) is 0 Å². The highest BCUT2D eigenvalue weighted by Gasteiger charge is 2.30. The van der Waals surface area contributed by atoms with Crippen LogP contribution >= 0.6 is 0 Å². The van der Waals surface area contributed by atoms with Crippen LogP contribution in [-0.4, -0.2) is 48.0 Å². The third kappa shape index (κ3) is 5.24. The highest BCUT2D eigenvalue weighted by atomic mass is 19.1. The van der Waals surface area contributed by atoms with Crippen molar-refractivity contribution in [2.24, 2.45) is 0 Å². The van der Waals surface area contributed by atoms with Gasteiger partial charge >= 0.3 is 0 Å². The van der Waals surface area contributed by atoms with E-state index in [2.05, 4.69) is 18.7 Å². The van der Waals surface area contributed by atoms with Crippen molar-refractivity contribution in [3.63, 3.8) is 0 Å². The molecule has 2 aromatic rings. The molecule has 3 rings (SSSR count). The van der Waals surface area contributed by atoms with Gasteiger partial charge in [0.05, 0.1) is 7.11 Å². The minimum Gasteiger partial charge on any atom is -0.496 e. The van der Waals surface area contributed by atoms with Gasteiger partial charge in [0.2, 0.25) is 5.91 Å². The van der Waals surface area contributed by atoms with Crippen molar-refractivity contribution in [2.45, 2.75) is 39.4 Å². The van der Waals surface area contributed by atoms with E-state index in [-0.39, 0.29) is 23.8 Å². The zero-order valence-electron chi connectivity index (χ0n) is 17.6. The number of halogens is 1. The predicted octanol–water partition coefficient (Wildman–Crippen LogP) is 4.28. The first-order valence-corrected chi connectivity index (χ1v) is 9.99. The van der Waals surface area contributed by atoms with Gasteiger partial charge in [-0.05, 0) is 61.7 Å². The normalized spacial score (nSPS) is 20.2. The standard InChI is InChI=1S/C24H29FN2O2/c1-17-5-6-20(13-23(17)29-4)9-12-24(28)27-15-18(2)26(14-19(27)3)16-21-7-10-22(25)11-8-21/h5-13,18-19H,14-16H2,1-4H3/t18-,19+/m0/s1. The maximum atomic E-state index is 13.1. The molecule has 1 saturated heterocycles. The Morgan fingerprint density at radius 2 is 1.86 bits per heavy atom. The lowest BCUT2D eigenvalue weighted by atomic mass is 10.1. The monoisotopic (exact) mass is 396 g/mol. The smallest absolute Gasteiger partial charge is 0.246 e. The summed E-state index contributed by atoms with van der Waals surface area (Å²) in [5.41, 5.74) is 3.09. The van der Waals surface area contributed by atoms with Gasteiger partial charge in [-0.25, -0.2) is 4.39 Å². The number of amides is 1. The van der Waals surface area contributed by atoms with Crippen LogP contribution in [0.25, 0.3) is 6.08 Å². The highest BCUT2D eigenvalue weighted by Crippen LogP contribution is 2.21. The van der Waals surface area contributed by atoms with Crippen LogP contribution in [0.4, 0.5) is 4.39 Å². The molecule has 0 bridgehead atoms. The van der Waals surface area contributed by atoms with E-state index in [0.717, 1.165) is 35.5 Å². The average Bonchev–Trinajstić information content (AvgIpc) is 2.71. The third-order valence-corrected chi connectivity index (χ3v) is 5.55. The van der Waals surface area contributed by atoms with E-state index in [1.54, 1.807) is 13.2 Å². The molecule has 5 heteroatoms. The molecule has 1 aliphatic heterocycles. The van der Waals surface area contributed by atoms with Crippen molar-refractivity contribution in [1.29, 1.82) is 0 Å². The third-order valence-electron chi connectivity index (χ3n) is 5.55. The van der Waals surface area contributed by atoms with Crippen molar-refractivity contribution in [3.05, 3.63) is 71.0 Å². The van der Waals surface area contributed by atoms with Crippen molar-refractivity contribution in [1.82, 2.24) is 9.80 Å². The van der Waals surface area contributed by atoms with Crippen LogP contribution in [0.15, 0.2) is 48.5 Å². The van der Waals surface area contributed by atoms with E-state index in [9.17, 15) is 9.18 Å². The van der Waals surface area contributed by atoms with E-state index in [0.29, 0.717) is 6.54 Å². The fraction of sp³-hybridized carbons (Fsp3) is 0.375. The van der Waals surface area contributed by atoms with Gasteiger partial charge in [-0.1, -0.05) is 24.3 Å². The Morgan fingerprint density at radius 1 is 1.14 bits per heavy atom. The summed E-state index contributed by atoms with van der Waals surface area (Å²) >= 11 is 0. The Balaban J connectivity index is 1.63. The van der Waals surface area contributed by atoms with Gasteiger partial charge in [-0.2, -0.15) is 0 Å². The van der Waals surface area contributed by atoms with Crippen LogP contribution in [0, 0.1) is 12.7 Å². The molecule has 4 nitrogen and oxygen atoms in total. The fourth-order valence-electron chi connectivity index (χ4n) is 3.75. The maximum absolute atomic E-state index is 13.1. The zero-order chi connectivity index (χ0) is 21.0. The first kappa shape index (κ1) is 21.1. The van der Waals surface area contributed by atoms with E-state index in [1.165, 1.54) is 12.1 Å². The molecule has 0 aromatic heterocycles. The predicted molar refractivity (Wildman–Crippen MR) is 114 cm³/mol. The number of rotatable bonds is 5. The number of benzene rings is 2. The van der Waals surface area contributed by atoms with E-state index in [1.807, 2.05) is 48.2 Å². The van der Waals surface area contributed by atoms with Crippen LogP contribution in [0.3, 0.4) is 0 Å². The molecule has 0 saturated carbocycles. The van der Waals surface area contributed by atoms with Gasteiger partial charge < -0.3 is 9.64 Å². The molecular weight excluding hydrogens is 367 g/mol. The van der Waals surface area contributed by atoms with E-state index >= 15 is 0 Å². The summed E-state index contributed by atoms with van der Waals surface area (Å²) in [5, 5.41) is 0. The zero-order valence-corrected chi connectivity index (χ0v) is 17.6. The second-order valence-electron chi connectivity index (χ2n) is 7.81.